The molecule has 128 valence electrons. The molecule has 7 heteroatoms. The molecule has 1 aromatic rings. The van der Waals surface area contributed by atoms with Crippen molar-refractivity contribution in [3.05, 3.63) is 18.2 Å². The third-order valence-corrected chi connectivity index (χ3v) is 6.32. The molecule has 1 N–H and O–H groups in total. The number of rotatable bonds is 5. The summed E-state index contributed by atoms with van der Waals surface area (Å²) in [4.78, 5) is 14.7. The summed E-state index contributed by atoms with van der Waals surface area (Å²) in [6.45, 7) is 6.67. The molecule has 1 aromatic carbocycles. The molecule has 0 aliphatic carbocycles. The second-order valence-corrected chi connectivity index (χ2v) is 8.99. The van der Waals surface area contributed by atoms with Crippen molar-refractivity contribution in [2.24, 2.45) is 5.92 Å². The Kier molecular flexibility index (Phi) is 6.11. The van der Waals surface area contributed by atoms with Gasteiger partial charge in [-0.25, -0.2) is 13.1 Å². The van der Waals surface area contributed by atoms with Crippen LogP contribution in [0.4, 0.5) is 5.69 Å². The lowest BCUT2D eigenvalue weighted by Crippen LogP contribution is -2.30. The maximum Gasteiger partial charge on any atom is 0.240 e. The smallest absolute Gasteiger partial charge is 0.240 e. The Hall–Kier alpha value is -1.05. The van der Waals surface area contributed by atoms with Crippen molar-refractivity contribution in [3.63, 3.8) is 0 Å². The SMILES string of the molecule is CC(=O)N1CCCSc2ccc(S(=O)(=O)NCCC(C)C)cc21. The predicted molar refractivity (Wildman–Crippen MR) is 94.5 cm³/mol. The third kappa shape index (κ3) is 4.71. The average molecular weight is 357 g/mol. The van der Waals surface area contributed by atoms with Crippen LogP contribution in [-0.4, -0.2) is 33.2 Å². The Labute approximate surface area is 142 Å². The summed E-state index contributed by atoms with van der Waals surface area (Å²) < 4.78 is 27.5. The van der Waals surface area contributed by atoms with Crippen LogP contribution in [0.2, 0.25) is 0 Å². The van der Waals surface area contributed by atoms with Gasteiger partial charge in [-0.2, -0.15) is 0 Å². The fourth-order valence-corrected chi connectivity index (χ4v) is 4.46. The van der Waals surface area contributed by atoms with E-state index in [0.29, 0.717) is 24.7 Å². The summed E-state index contributed by atoms with van der Waals surface area (Å²) in [5.41, 5.74) is 0.701. The lowest BCUT2D eigenvalue weighted by molar-refractivity contribution is -0.116. The first kappa shape index (κ1) is 18.3. The third-order valence-electron chi connectivity index (χ3n) is 3.71. The number of nitrogens with zero attached hydrogens (tertiary/aromatic N) is 1. The van der Waals surface area contributed by atoms with Crippen LogP contribution in [0.1, 0.15) is 33.6 Å². The van der Waals surface area contributed by atoms with E-state index in [-0.39, 0.29) is 10.8 Å². The van der Waals surface area contributed by atoms with Crippen LogP contribution in [0.3, 0.4) is 0 Å². The van der Waals surface area contributed by atoms with E-state index < -0.39 is 10.0 Å². The van der Waals surface area contributed by atoms with Crippen LogP contribution in [-0.2, 0) is 14.8 Å². The molecule has 1 aliphatic rings. The largest absolute Gasteiger partial charge is 0.311 e. The molecule has 1 aliphatic heterocycles. The number of nitrogens with one attached hydrogen (secondary N) is 1. The number of benzene rings is 1. The summed E-state index contributed by atoms with van der Waals surface area (Å²) in [5.74, 6) is 1.31. The second kappa shape index (κ2) is 7.68. The van der Waals surface area contributed by atoms with Gasteiger partial charge in [0.2, 0.25) is 15.9 Å². The number of hydrogen-bond acceptors (Lipinski definition) is 4. The highest BCUT2D eigenvalue weighted by atomic mass is 32.2. The zero-order chi connectivity index (χ0) is 17.0. The van der Waals surface area contributed by atoms with Gasteiger partial charge in [-0.1, -0.05) is 13.8 Å². The Morgan fingerprint density at radius 1 is 1.39 bits per heavy atom. The lowest BCUT2D eigenvalue weighted by Gasteiger charge is -2.21. The average Bonchev–Trinajstić information content (AvgIpc) is 2.68. The van der Waals surface area contributed by atoms with Gasteiger partial charge in [0, 0.05) is 24.9 Å². The van der Waals surface area contributed by atoms with Crippen molar-refractivity contribution < 1.29 is 13.2 Å². The summed E-state index contributed by atoms with van der Waals surface area (Å²) in [6.07, 6.45) is 1.69. The van der Waals surface area contributed by atoms with Crippen LogP contribution < -0.4 is 9.62 Å². The van der Waals surface area contributed by atoms with Gasteiger partial charge in [0.15, 0.2) is 0 Å². The maximum absolute atomic E-state index is 12.4. The molecule has 1 heterocycles. The first-order chi connectivity index (χ1) is 10.8. The number of amides is 1. The summed E-state index contributed by atoms with van der Waals surface area (Å²) in [7, 11) is -3.55. The molecule has 0 bridgehead atoms. The molecular weight excluding hydrogens is 332 g/mol. The number of hydrogen-bond donors (Lipinski definition) is 1. The Balaban J connectivity index is 2.29. The lowest BCUT2D eigenvalue weighted by atomic mass is 10.1. The molecule has 0 saturated carbocycles. The van der Waals surface area contributed by atoms with E-state index in [1.54, 1.807) is 34.9 Å². The van der Waals surface area contributed by atoms with Gasteiger partial charge < -0.3 is 4.90 Å². The van der Waals surface area contributed by atoms with E-state index in [1.165, 1.54) is 6.92 Å². The molecule has 0 radical (unpaired) electrons. The van der Waals surface area contributed by atoms with Gasteiger partial charge in [0.1, 0.15) is 0 Å². The van der Waals surface area contributed by atoms with E-state index in [4.69, 9.17) is 0 Å². The second-order valence-electron chi connectivity index (χ2n) is 6.08. The highest BCUT2D eigenvalue weighted by Gasteiger charge is 2.22. The Morgan fingerprint density at radius 3 is 2.78 bits per heavy atom. The minimum Gasteiger partial charge on any atom is -0.311 e. The molecule has 0 fully saturated rings. The molecule has 5 nitrogen and oxygen atoms in total. The predicted octanol–water partition coefficient (Wildman–Crippen LogP) is 2.86. The Morgan fingerprint density at radius 2 is 2.13 bits per heavy atom. The van der Waals surface area contributed by atoms with Gasteiger partial charge in [-0.15, -0.1) is 11.8 Å². The summed E-state index contributed by atoms with van der Waals surface area (Å²) >= 11 is 1.66. The molecule has 23 heavy (non-hydrogen) atoms. The quantitative estimate of drug-likeness (QED) is 0.881. The highest BCUT2D eigenvalue weighted by Crippen LogP contribution is 2.35. The Bertz CT molecular complexity index is 672. The van der Waals surface area contributed by atoms with E-state index in [0.717, 1.165) is 23.5 Å². The number of fused-ring (bicyclic) bond motifs is 1. The zero-order valence-electron chi connectivity index (χ0n) is 13.8. The number of carbonyl (C=O) groups is 1. The normalized spacial score (nSPS) is 15.4. The molecule has 0 aromatic heterocycles. The first-order valence-corrected chi connectivity index (χ1v) is 10.3. The van der Waals surface area contributed by atoms with Gasteiger partial charge in [0.05, 0.1) is 10.6 Å². The number of carbonyl (C=O) groups excluding carboxylic acids is 1. The standard InChI is InChI=1S/C16H24N2O3S2/c1-12(2)7-8-17-23(20,21)14-5-6-16-15(11-14)18(13(3)19)9-4-10-22-16/h5-6,11-12,17H,4,7-10H2,1-3H3. The minimum atomic E-state index is -3.55. The van der Waals surface area contributed by atoms with E-state index in [9.17, 15) is 13.2 Å². The fourth-order valence-electron chi connectivity index (χ4n) is 2.41. The van der Waals surface area contributed by atoms with Gasteiger partial charge in [-0.3, -0.25) is 4.79 Å². The van der Waals surface area contributed by atoms with E-state index >= 15 is 0 Å². The highest BCUT2D eigenvalue weighted by molar-refractivity contribution is 7.99. The van der Waals surface area contributed by atoms with Crippen LogP contribution in [0.5, 0.6) is 0 Å². The zero-order valence-corrected chi connectivity index (χ0v) is 15.5. The molecule has 1 amide bonds. The molecular formula is C16H24N2O3S2. The molecule has 2 rings (SSSR count). The van der Waals surface area contributed by atoms with Gasteiger partial charge >= 0.3 is 0 Å². The van der Waals surface area contributed by atoms with Crippen molar-refractivity contribution in [1.82, 2.24) is 4.72 Å². The minimum absolute atomic E-state index is 0.0592. The van der Waals surface area contributed by atoms with Crippen molar-refractivity contribution >= 4 is 33.4 Å². The van der Waals surface area contributed by atoms with Gasteiger partial charge in [-0.05, 0) is 42.7 Å². The van der Waals surface area contributed by atoms with Crippen molar-refractivity contribution in [1.29, 1.82) is 0 Å². The van der Waals surface area contributed by atoms with E-state index in [1.807, 2.05) is 0 Å². The number of anilines is 1. The van der Waals surface area contributed by atoms with Gasteiger partial charge in [0.25, 0.3) is 0 Å². The monoisotopic (exact) mass is 356 g/mol. The fraction of sp³-hybridized carbons (Fsp3) is 0.562. The van der Waals surface area contributed by atoms with Crippen LogP contribution >= 0.6 is 11.8 Å². The molecule has 0 spiro atoms. The number of thioether (sulfide) groups is 1. The van der Waals surface area contributed by atoms with Crippen LogP contribution in [0.25, 0.3) is 0 Å². The van der Waals surface area contributed by atoms with Crippen LogP contribution in [0.15, 0.2) is 28.0 Å². The first-order valence-electron chi connectivity index (χ1n) is 7.86. The maximum atomic E-state index is 12.4. The van der Waals surface area contributed by atoms with Crippen LogP contribution in [0, 0.1) is 5.92 Å². The van der Waals surface area contributed by atoms with Crippen molar-refractivity contribution in [2.45, 2.75) is 43.4 Å². The molecule has 0 atom stereocenters. The van der Waals surface area contributed by atoms with Crippen molar-refractivity contribution in [2.75, 3.05) is 23.7 Å². The van der Waals surface area contributed by atoms with E-state index in [2.05, 4.69) is 18.6 Å². The molecule has 0 saturated heterocycles. The van der Waals surface area contributed by atoms with Crippen molar-refractivity contribution in [3.8, 4) is 0 Å². The number of sulfonamides is 1. The summed E-state index contributed by atoms with van der Waals surface area (Å²) in [6, 6.07) is 5.04. The summed E-state index contributed by atoms with van der Waals surface area (Å²) in [5, 5.41) is 0. The topological polar surface area (TPSA) is 66.5 Å². The molecule has 0 unspecified atom stereocenters.